The van der Waals surface area contributed by atoms with Gasteiger partial charge in [0.2, 0.25) is 0 Å². The fourth-order valence-corrected chi connectivity index (χ4v) is 1.13. The molecule has 3 N–H and O–H groups in total. The summed E-state index contributed by atoms with van der Waals surface area (Å²) < 4.78 is 13.0. The van der Waals surface area contributed by atoms with Crippen LogP contribution in [0.4, 0.5) is 4.39 Å². The number of carbonyl (C=O) groups excluding carboxylic acids is 1. The largest absolute Gasteiger partial charge is 0.394 e. The summed E-state index contributed by atoms with van der Waals surface area (Å²) in [6, 6.07) is 5.00. The molecule has 0 spiro atoms. The molecule has 1 aromatic rings. The number of nitrogens with zero attached hydrogens (tertiary/aromatic N) is 1. The average Bonchev–Trinajstić information content (AvgIpc) is 2.35. The van der Waals surface area contributed by atoms with Gasteiger partial charge in [0, 0.05) is 12.1 Å². The van der Waals surface area contributed by atoms with Gasteiger partial charge >= 0.3 is 0 Å². The van der Waals surface area contributed by atoms with Gasteiger partial charge in [0.15, 0.2) is 0 Å². The monoisotopic (exact) mass is 238 g/mol. The molecule has 6 heteroatoms. The summed E-state index contributed by atoms with van der Waals surface area (Å²) in [5.41, 5.74) is -0.103. The molecule has 90 valence electrons. The first-order chi connectivity index (χ1) is 8.08. The van der Waals surface area contributed by atoms with E-state index in [2.05, 4.69) is 5.32 Å². The zero-order valence-corrected chi connectivity index (χ0v) is 8.85. The highest BCUT2D eigenvalue weighted by atomic mass is 19.1. The third-order valence-corrected chi connectivity index (χ3v) is 2.06. The van der Waals surface area contributed by atoms with Crippen LogP contribution in [0.3, 0.4) is 0 Å². The maximum absolute atomic E-state index is 13.0. The van der Waals surface area contributed by atoms with E-state index in [0.717, 1.165) is 12.1 Å². The van der Waals surface area contributed by atoms with Gasteiger partial charge in [-0.05, 0) is 18.2 Å². The molecule has 1 atom stereocenters. The molecule has 5 nitrogen and oxygen atoms in total. The Labute approximate surface area is 97.1 Å². The van der Waals surface area contributed by atoms with Gasteiger partial charge in [-0.2, -0.15) is 5.26 Å². The third-order valence-electron chi connectivity index (χ3n) is 2.06. The Kier molecular flexibility index (Phi) is 4.57. The average molecular weight is 238 g/mol. The number of hydrogen-bond donors (Lipinski definition) is 3. The lowest BCUT2D eigenvalue weighted by atomic mass is 10.1. The Balaban J connectivity index is 2.73. The molecule has 0 fully saturated rings. The first-order valence-corrected chi connectivity index (χ1v) is 4.85. The molecule has 1 aromatic carbocycles. The Bertz CT molecular complexity index is 457. The first-order valence-electron chi connectivity index (χ1n) is 4.85. The lowest BCUT2D eigenvalue weighted by Gasteiger charge is -2.09. The van der Waals surface area contributed by atoms with Crippen LogP contribution in [0.15, 0.2) is 18.2 Å². The van der Waals surface area contributed by atoms with Crippen LogP contribution in [-0.4, -0.2) is 35.4 Å². The summed E-state index contributed by atoms with van der Waals surface area (Å²) in [6.07, 6.45) is -1.05. The molecule has 0 aromatic heterocycles. The molecule has 0 saturated carbocycles. The minimum absolute atomic E-state index is 0.116. The van der Waals surface area contributed by atoms with Gasteiger partial charge in [0.25, 0.3) is 5.91 Å². The second-order valence-electron chi connectivity index (χ2n) is 3.35. The number of nitriles is 1. The predicted octanol–water partition coefficient (Wildman–Crippen LogP) is -0.220. The van der Waals surface area contributed by atoms with Crippen LogP contribution in [0.1, 0.15) is 15.9 Å². The summed E-state index contributed by atoms with van der Waals surface area (Å²) in [6.45, 7) is -0.582. The summed E-state index contributed by atoms with van der Waals surface area (Å²) in [5, 5.41) is 28.5. The van der Waals surface area contributed by atoms with Crippen LogP contribution in [-0.2, 0) is 0 Å². The summed E-state index contributed by atoms with van der Waals surface area (Å²) in [5.74, 6) is -1.24. The zero-order chi connectivity index (χ0) is 12.8. The van der Waals surface area contributed by atoms with Gasteiger partial charge in [0.05, 0.1) is 18.3 Å². The molecular formula is C11H11FN2O3. The topological polar surface area (TPSA) is 93.4 Å². The van der Waals surface area contributed by atoms with Crippen molar-refractivity contribution in [2.24, 2.45) is 0 Å². The van der Waals surface area contributed by atoms with Crippen molar-refractivity contribution in [1.29, 1.82) is 5.26 Å². The zero-order valence-electron chi connectivity index (χ0n) is 8.85. The number of carbonyl (C=O) groups is 1. The van der Waals surface area contributed by atoms with E-state index in [1.165, 1.54) is 6.07 Å². The van der Waals surface area contributed by atoms with Gasteiger partial charge < -0.3 is 15.5 Å². The quantitative estimate of drug-likeness (QED) is 0.676. The van der Waals surface area contributed by atoms with E-state index in [0.29, 0.717) is 0 Å². The minimum atomic E-state index is -1.05. The van der Waals surface area contributed by atoms with E-state index < -0.39 is 24.4 Å². The number of nitrogens with one attached hydrogen (secondary N) is 1. The molecule has 0 heterocycles. The SMILES string of the molecule is N#Cc1cc(C(=O)NC[C@@H](O)CO)ccc1F. The molecule has 0 aliphatic carbocycles. The lowest BCUT2D eigenvalue weighted by molar-refractivity contribution is 0.0802. The van der Waals surface area contributed by atoms with Gasteiger partial charge in [-0.25, -0.2) is 4.39 Å². The first kappa shape index (κ1) is 13.1. The number of aliphatic hydroxyl groups is 2. The number of aliphatic hydroxyl groups excluding tert-OH is 2. The number of benzene rings is 1. The van der Waals surface area contributed by atoms with Crippen LogP contribution in [0.25, 0.3) is 0 Å². The Morgan fingerprint density at radius 2 is 2.29 bits per heavy atom. The molecule has 0 unspecified atom stereocenters. The Morgan fingerprint density at radius 3 is 2.88 bits per heavy atom. The van der Waals surface area contributed by atoms with Crippen molar-refractivity contribution >= 4 is 5.91 Å². The minimum Gasteiger partial charge on any atom is -0.394 e. The van der Waals surface area contributed by atoms with Gasteiger partial charge in [-0.3, -0.25) is 4.79 Å². The van der Waals surface area contributed by atoms with Crippen molar-refractivity contribution in [2.45, 2.75) is 6.10 Å². The molecular weight excluding hydrogens is 227 g/mol. The molecule has 0 aliphatic rings. The molecule has 0 aliphatic heterocycles. The second-order valence-corrected chi connectivity index (χ2v) is 3.35. The highest BCUT2D eigenvalue weighted by Gasteiger charge is 2.10. The fourth-order valence-electron chi connectivity index (χ4n) is 1.13. The molecule has 0 radical (unpaired) electrons. The van der Waals surface area contributed by atoms with E-state index in [1.807, 2.05) is 0 Å². The van der Waals surface area contributed by atoms with Gasteiger partial charge in [-0.1, -0.05) is 0 Å². The summed E-state index contributed by atoms with van der Waals surface area (Å²) in [7, 11) is 0. The van der Waals surface area contributed by atoms with Crippen LogP contribution >= 0.6 is 0 Å². The number of halogens is 1. The molecule has 1 amide bonds. The smallest absolute Gasteiger partial charge is 0.251 e. The van der Waals surface area contributed by atoms with Gasteiger partial charge in [-0.15, -0.1) is 0 Å². The summed E-state index contributed by atoms with van der Waals surface area (Å²) in [4.78, 5) is 11.5. The maximum atomic E-state index is 13.0. The van der Waals surface area contributed by atoms with Crippen molar-refractivity contribution in [3.8, 4) is 6.07 Å². The van der Waals surface area contributed by atoms with Crippen molar-refractivity contribution in [3.63, 3.8) is 0 Å². The van der Waals surface area contributed by atoms with E-state index in [4.69, 9.17) is 15.5 Å². The number of rotatable bonds is 4. The molecule has 1 rings (SSSR count). The second kappa shape index (κ2) is 5.94. The van der Waals surface area contributed by atoms with Crippen LogP contribution in [0.5, 0.6) is 0 Å². The van der Waals surface area contributed by atoms with Crippen LogP contribution in [0, 0.1) is 17.1 Å². The van der Waals surface area contributed by atoms with Crippen LogP contribution < -0.4 is 5.32 Å². The van der Waals surface area contributed by atoms with Crippen molar-refractivity contribution in [1.82, 2.24) is 5.32 Å². The predicted molar refractivity (Wildman–Crippen MR) is 56.5 cm³/mol. The molecule has 17 heavy (non-hydrogen) atoms. The van der Waals surface area contributed by atoms with E-state index in [1.54, 1.807) is 6.07 Å². The lowest BCUT2D eigenvalue weighted by Crippen LogP contribution is -2.33. The van der Waals surface area contributed by atoms with Crippen molar-refractivity contribution < 1.29 is 19.4 Å². The van der Waals surface area contributed by atoms with E-state index in [9.17, 15) is 9.18 Å². The number of hydrogen-bond acceptors (Lipinski definition) is 4. The molecule has 0 bridgehead atoms. The van der Waals surface area contributed by atoms with Crippen molar-refractivity contribution in [3.05, 3.63) is 35.1 Å². The maximum Gasteiger partial charge on any atom is 0.251 e. The Morgan fingerprint density at radius 1 is 1.59 bits per heavy atom. The van der Waals surface area contributed by atoms with E-state index >= 15 is 0 Å². The Hall–Kier alpha value is -1.97. The van der Waals surface area contributed by atoms with Crippen molar-refractivity contribution in [2.75, 3.05) is 13.2 Å². The third kappa shape index (κ3) is 3.52. The van der Waals surface area contributed by atoms with E-state index in [-0.39, 0.29) is 17.7 Å². The van der Waals surface area contributed by atoms with Crippen LogP contribution in [0.2, 0.25) is 0 Å². The summed E-state index contributed by atoms with van der Waals surface area (Å²) >= 11 is 0. The number of amides is 1. The highest BCUT2D eigenvalue weighted by molar-refractivity contribution is 5.94. The fraction of sp³-hybridized carbons (Fsp3) is 0.273. The highest BCUT2D eigenvalue weighted by Crippen LogP contribution is 2.09. The molecule has 0 saturated heterocycles. The normalized spacial score (nSPS) is 11.6. The standard InChI is InChI=1S/C11H11FN2O3/c12-10-2-1-7(3-8(10)4-13)11(17)14-5-9(16)6-15/h1-3,9,15-16H,5-6H2,(H,14,17)/t9-/m1/s1. The van der Waals surface area contributed by atoms with Gasteiger partial charge in [0.1, 0.15) is 11.9 Å².